The molecule has 1 amide bonds. The zero-order chi connectivity index (χ0) is 10.7. The molecule has 1 aliphatic rings. The van der Waals surface area contributed by atoms with Gasteiger partial charge in [-0.05, 0) is 25.0 Å². The van der Waals surface area contributed by atoms with E-state index in [1.165, 1.54) is 0 Å². The van der Waals surface area contributed by atoms with Crippen LogP contribution in [0.25, 0.3) is 0 Å². The highest BCUT2D eigenvalue weighted by molar-refractivity contribution is 5.94. The van der Waals surface area contributed by atoms with E-state index in [0.29, 0.717) is 11.6 Å². The van der Waals surface area contributed by atoms with Crippen LogP contribution < -0.4 is 10.1 Å². The Hall–Kier alpha value is -1.58. The summed E-state index contributed by atoms with van der Waals surface area (Å²) in [7, 11) is 1.54. The summed E-state index contributed by atoms with van der Waals surface area (Å²) in [5.41, 5.74) is 0.650. The first-order valence-corrected chi connectivity index (χ1v) is 5.11. The summed E-state index contributed by atoms with van der Waals surface area (Å²) in [6.07, 6.45) is 4.78. The fraction of sp³-hybridized carbons (Fsp3) is 0.455. The zero-order valence-corrected chi connectivity index (χ0v) is 8.69. The Morgan fingerprint density at radius 1 is 1.60 bits per heavy atom. The number of aromatic nitrogens is 1. The first kappa shape index (κ1) is 9.96. The minimum Gasteiger partial charge on any atom is -0.480 e. The van der Waals surface area contributed by atoms with Gasteiger partial charge in [0.25, 0.3) is 0 Å². The maximum absolute atomic E-state index is 11.7. The number of rotatable bonds is 3. The molecule has 4 heteroatoms. The number of ether oxygens (including phenoxy) is 1. The van der Waals surface area contributed by atoms with Crippen molar-refractivity contribution in [1.29, 1.82) is 0 Å². The second-order valence-electron chi connectivity index (χ2n) is 3.68. The van der Waals surface area contributed by atoms with E-state index < -0.39 is 0 Å². The summed E-state index contributed by atoms with van der Waals surface area (Å²) in [6, 6.07) is 3.57. The molecular formula is C11H14N2O2. The van der Waals surface area contributed by atoms with Crippen molar-refractivity contribution in [2.75, 3.05) is 12.4 Å². The van der Waals surface area contributed by atoms with E-state index in [1.54, 1.807) is 25.4 Å². The van der Waals surface area contributed by atoms with Gasteiger partial charge >= 0.3 is 0 Å². The molecular weight excluding hydrogens is 192 g/mol. The lowest BCUT2D eigenvalue weighted by molar-refractivity contribution is -0.122. The molecule has 0 aromatic carbocycles. The molecule has 4 nitrogen and oxygen atoms in total. The molecule has 1 heterocycles. The highest BCUT2D eigenvalue weighted by Gasteiger charge is 2.25. The van der Waals surface area contributed by atoms with E-state index >= 15 is 0 Å². The van der Waals surface area contributed by atoms with Gasteiger partial charge in [0.05, 0.1) is 7.11 Å². The van der Waals surface area contributed by atoms with Gasteiger partial charge in [0.1, 0.15) is 5.69 Å². The quantitative estimate of drug-likeness (QED) is 0.820. The van der Waals surface area contributed by atoms with Gasteiger partial charge in [-0.2, -0.15) is 0 Å². The number of carbonyl (C=O) groups excluding carboxylic acids is 1. The molecule has 80 valence electrons. The third-order valence-corrected chi connectivity index (χ3v) is 2.70. The van der Waals surface area contributed by atoms with Crippen molar-refractivity contribution in [1.82, 2.24) is 4.98 Å². The van der Waals surface area contributed by atoms with Crippen molar-refractivity contribution >= 4 is 11.6 Å². The lowest BCUT2D eigenvalue weighted by atomic mass is 9.85. The van der Waals surface area contributed by atoms with Gasteiger partial charge in [-0.1, -0.05) is 6.42 Å². The number of amides is 1. The van der Waals surface area contributed by atoms with Gasteiger partial charge in [0.2, 0.25) is 11.8 Å². The largest absolute Gasteiger partial charge is 0.480 e. The van der Waals surface area contributed by atoms with Gasteiger partial charge in [-0.3, -0.25) is 4.79 Å². The topological polar surface area (TPSA) is 51.2 Å². The van der Waals surface area contributed by atoms with E-state index in [2.05, 4.69) is 10.3 Å². The number of anilines is 1. The third-order valence-electron chi connectivity index (χ3n) is 2.70. The van der Waals surface area contributed by atoms with Crippen molar-refractivity contribution in [3.05, 3.63) is 18.3 Å². The SMILES string of the molecule is COc1ncccc1NC(=O)C1CCC1. The normalized spacial score (nSPS) is 15.5. The average molecular weight is 206 g/mol. The van der Waals surface area contributed by atoms with Gasteiger partial charge in [-0.15, -0.1) is 0 Å². The van der Waals surface area contributed by atoms with Crippen LogP contribution in [0.2, 0.25) is 0 Å². The summed E-state index contributed by atoms with van der Waals surface area (Å²) in [5, 5.41) is 2.84. The summed E-state index contributed by atoms with van der Waals surface area (Å²) in [5.74, 6) is 0.715. The fourth-order valence-corrected chi connectivity index (χ4v) is 1.55. The van der Waals surface area contributed by atoms with E-state index in [4.69, 9.17) is 4.74 Å². The first-order chi connectivity index (χ1) is 7.31. The lowest BCUT2D eigenvalue weighted by Crippen LogP contribution is -2.28. The monoisotopic (exact) mass is 206 g/mol. The fourth-order valence-electron chi connectivity index (χ4n) is 1.55. The van der Waals surface area contributed by atoms with Gasteiger partial charge < -0.3 is 10.1 Å². The van der Waals surface area contributed by atoms with Crippen LogP contribution in [0, 0.1) is 5.92 Å². The van der Waals surface area contributed by atoms with E-state index in [1.807, 2.05) is 0 Å². The van der Waals surface area contributed by atoms with Crippen molar-refractivity contribution in [2.45, 2.75) is 19.3 Å². The molecule has 1 N–H and O–H groups in total. The van der Waals surface area contributed by atoms with Crippen LogP contribution in [-0.2, 0) is 4.79 Å². The number of nitrogens with one attached hydrogen (secondary N) is 1. The Morgan fingerprint density at radius 3 is 3.00 bits per heavy atom. The van der Waals surface area contributed by atoms with Crippen LogP contribution >= 0.6 is 0 Å². The second-order valence-corrected chi connectivity index (χ2v) is 3.68. The molecule has 1 saturated carbocycles. The maximum atomic E-state index is 11.7. The standard InChI is InChI=1S/C11H14N2O2/c1-15-11-9(6-3-7-12-11)13-10(14)8-4-2-5-8/h3,6-8H,2,4-5H2,1H3,(H,13,14). The minimum atomic E-state index is 0.0764. The van der Waals surface area contributed by atoms with Gasteiger partial charge in [-0.25, -0.2) is 4.98 Å². The Balaban J connectivity index is 2.05. The number of pyridine rings is 1. The van der Waals surface area contributed by atoms with Crippen LogP contribution in [0.1, 0.15) is 19.3 Å². The second kappa shape index (κ2) is 4.29. The predicted molar refractivity (Wildman–Crippen MR) is 56.8 cm³/mol. The molecule has 15 heavy (non-hydrogen) atoms. The van der Waals surface area contributed by atoms with Crippen molar-refractivity contribution < 1.29 is 9.53 Å². The molecule has 0 aliphatic heterocycles. The highest BCUT2D eigenvalue weighted by Crippen LogP contribution is 2.29. The minimum absolute atomic E-state index is 0.0764. The number of carbonyl (C=O) groups is 1. The molecule has 2 rings (SSSR count). The number of hydrogen-bond donors (Lipinski definition) is 1. The average Bonchev–Trinajstić information content (AvgIpc) is 2.15. The number of nitrogens with zero attached hydrogens (tertiary/aromatic N) is 1. The van der Waals surface area contributed by atoms with Crippen LogP contribution in [-0.4, -0.2) is 18.0 Å². The summed E-state index contributed by atoms with van der Waals surface area (Å²) in [6.45, 7) is 0. The molecule has 1 aromatic rings. The molecule has 0 atom stereocenters. The van der Waals surface area contributed by atoms with Crippen LogP contribution in [0.15, 0.2) is 18.3 Å². The maximum Gasteiger partial charge on any atom is 0.237 e. The Labute approximate surface area is 88.7 Å². The van der Waals surface area contributed by atoms with Crippen LogP contribution in [0.4, 0.5) is 5.69 Å². The predicted octanol–water partition coefficient (Wildman–Crippen LogP) is 1.83. The first-order valence-electron chi connectivity index (χ1n) is 5.11. The molecule has 0 spiro atoms. The van der Waals surface area contributed by atoms with E-state index in [0.717, 1.165) is 19.3 Å². The molecule has 0 unspecified atom stereocenters. The van der Waals surface area contributed by atoms with Crippen LogP contribution in [0.5, 0.6) is 5.88 Å². The van der Waals surface area contributed by atoms with Crippen molar-refractivity contribution in [2.24, 2.45) is 5.92 Å². The Kier molecular flexibility index (Phi) is 2.85. The Morgan fingerprint density at radius 2 is 2.40 bits per heavy atom. The highest BCUT2D eigenvalue weighted by atomic mass is 16.5. The molecule has 1 aliphatic carbocycles. The van der Waals surface area contributed by atoms with Crippen molar-refractivity contribution in [3.63, 3.8) is 0 Å². The number of hydrogen-bond acceptors (Lipinski definition) is 3. The Bertz CT molecular complexity index is 361. The lowest BCUT2D eigenvalue weighted by Gasteiger charge is -2.24. The van der Waals surface area contributed by atoms with Gasteiger partial charge in [0.15, 0.2) is 0 Å². The molecule has 1 fully saturated rings. The summed E-state index contributed by atoms with van der Waals surface area (Å²) >= 11 is 0. The summed E-state index contributed by atoms with van der Waals surface area (Å²) in [4.78, 5) is 15.7. The molecule has 0 bridgehead atoms. The molecule has 0 radical (unpaired) electrons. The van der Waals surface area contributed by atoms with E-state index in [9.17, 15) is 4.79 Å². The van der Waals surface area contributed by atoms with Gasteiger partial charge in [0, 0.05) is 12.1 Å². The third kappa shape index (κ3) is 2.09. The smallest absolute Gasteiger partial charge is 0.237 e. The molecule has 0 saturated heterocycles. The summed E-state index contributed by atoms with van der Waals surface area (Å²) < 4.78 is 5.05. The van der Waals surface area contributed by atoms with E-state index in [-0.39, 0.29) is 11.8 Å². The molecule has 1 aromatic heterocycles. The zero-order valence-electron chi connectivity index (χ0n) is 8.69. The van der Waals surface area contributed by atoms with Crippen LogP contribution in [0.3, 0.4) is 0 Å². The number of methoxy groups -OCH3 is 1. The van der Waals surface area contributed by atoms with Crippen molar-refractivity contribution in [3.8, 4) is 5.88 Å².